The van der Waals surface area contributed by atoms with E-state index < -0.39 is 0 Å². The van der Waals surface area contributed by atoms with Gasteiger partial charge >= 0.3 is 0 Å². The van der Waals surface area contributed by atoms with Crippen LogP contribution in [0.3, 0.4) is 0 Å². The normalized spacial score (nSPS) is 19.4. The lowest BCUT2D eigenvalue weighted by molar-refractivity contribution is -0.128. The Morgan fingerprint density at radius 2 is 1.80 bits per heavy atom. The lowest BCUT2D eigenvalue weighted by Gasteiger charge is -2.29. The highest BCUT2D eigenvalue weighted by atomic mass is 16.5. The van der Waals surface area contributed by atoms with E-state index in [1.54, 1.807) is 0 Å². The van der Waals surface area contributed by atoms with E-state index in [0.717, 1.165) is 44.6 Å². The Kier molecular flexibility index (Phi) is 4.70. The van der Waals surface area contributed by atoms with Crippen molar-refractivity contribution < 1.29 is 9.53 Å². The summed E-state index contributed by atoms with van der Waals surface area (Å²) in [6.07, 6.45) is 2.38. The van der Waals surface area contributed by atoms with Crippen LogP contribution in [-0.4, -0.2) is 36.5 Å². The standard InChI is InChI=1S/C21H24N2O2/c24-21(20-10-9-17-6-3-4-8-19(17)25-20)22-12-14-23-13-11-16-5-1-2-7-18(16)15-23/h1-8,20H,9-15H2,(H,22,24)/t20-/m0/s1. The van der Waals surface area contributed by atoms with Gasteiger partial charge in [0, 0.05) is 26.2 Å². The van der Waals surface area contributed by atoms with Gasteiger partial charge in [0.25, 0.3) is 5.91 Å². The third kappa shape index (κ3) is 3.69. The third-order valence-electron chi connectivity index (χ3n) is 5.15. The smallest absolute Gasteiger partial charge is 0.261 e. The molecular formula is C21H24N2O2. The van der Waals surface area contributed by atoms with Gasteiger partial charge in [-0.3, -0.25) is 9.69 Å². The number of carbonyl (C=O) groups excluding carboxylic acids is 1. The molecule has 0 aliphatic carbocycles. The van der Waals surface area contributed by atoms with Gasteiger partial charge in [-0.05, 0) is 42.0 Å². The number of aryl methyl sites for hydroxylation is 1. The molecule has 1 amide bonds. The second-order valence-electron chi connectivity index (χ2n) is 6.84. The van der Waals surface area contributed by atoms with Crippen molar-refractivity contribution in [2.75, 3.05) is 19.6 Å². The summed E-state index contributed by atoms with van der Waals surface area (Å²) in [7, 11) is 0. The van der Waals surface area contributed by atoms with Crippen molar-refractivity contribution in [3.8, 4) is 5.75 Å². The molecule has 2 aliphatic heterocycles. The minimum Gasteiger partial charge on any atom is -0.480 e. The van der Waals surface area contributed by atoms with Gasteiger partial charge in [-0.1, -0.05) is 42.5 Å². The van der Waals surface area contributed by atoms with Crippen LogP contribution < -0.4 is 10.1 Å². The number of rotatable bonds is 4. The van der Waals surface area contributed by atoms with Crippen LogP contribution in [0.15, 0.2) is 48.5 Å². The molecule has 2 aromatic carbocycles. The first-order valence-electron chi connectivity index (χ1n) is 9.11. The predicted octanol–water partition coefficient (Wildman–Crippen LogP) is 2.55. The summed E-state index contributed by atoms with van der Waals surface area (Å²) in [6, 6.07) is 16.6. The molecule has 130 valence electrons. The minimum absolute atomic E-state index is 0.00640. The number of amides is 1. The Morgan fingerprint density at radius 3 is 2.68 bits per heavy atom. The quantitative estimate of drug-likeness (QED) is 0.933. The van der Waals surface area contributed by atoms with Crippen LogP contribution in [0.2, 0.25) is 0 Å². The van der Waals surface area contributed by atoms with Crippen molar-refractivity contribution in [2.24, 2.45) is 0 Å². The lowest BCUT2D eigenvalue weighted by atomic mass is 10.00. The van der Waals surface area contributed by atoms with E-state index >= 15 is 0 Å². The highest BCUT2D eigenvalue weighted by Gasteiger charge is 2.25. The van der Waals surface area contributed by atoms with E-state index in [4.69, 9.17) is 4.74 Å². The van der Waals surface area contributed by atoms with Crippen molar-refractivity contribution in [2.45, 2.75) is 31.9 Å². The van der Waals surface area contributed by atoms with Crippen LogP contribution >= 0.6 is 0 Å². The van der Waals surface area contributed by atoms with Crippen molar-refractivity contribution in [1.29, 1.82) is 0 Å². The molecule has 4 rings (SSSR count). The second-order valence-corrected chi connectivity index (χ2v) is 6.84. The van der Waals surface area contributed by atoms with E-state index in [2.05, 4.69) is 40.5 Å². The summed E-state index contributed by atoms with van der Waals surface area (Å²) >= 11 is 0. The number of hydrogen-bond donors (Lipinski definition) is 1. The third-order valence-corrected chi connectivity index (χ3v) is 5.15. The Bertz CT molecular complexity index is 759. The van der Waals surface area contributed by atoms with Gasteiger partial charge < -0.3 is 10.1 Å². The maximum atomic E-state index is 12.4. The molecular weight excluding hydrogens is 312 g/mol. The molecule has 0 saturated heterocycles. The fraction of sp³-hybridized carbons (Fsp3) is 0.381. The van der Waals surface area contributed by atoms with Gasteiger partial charge in [0.05, 0.1) is 0 Å². The number of para-hydroxylation sites is 1. The van der Waals surface area contributed by atoms with Gasteiger partial charge in [-0.15, -0.1) is 0 Å². The Balaban J connectivity index is 1.25. The van der Waals surface area contributed by atoms with Gasteiger partial charge in [-0.25, -0.2) is 0 Å². The number of ether oxygens (including phenoxy) is 1. The first-order chi connectivity index (χ1) is 12.3. The number of hydrogen-bond acceptors (Lipinski definition) is 3. The van der Waals surface area contributed by atoms with Gasteiger partial charge in [0.2, 0.25) is 0 Å². The van der Waals surface area contributed by atoms with E-state index in [1.807, 2.05) is 18.2 Å². The zero-order valence-corrected chi connectivity index (χ0v) is 14.4. The first kappa shape index (κ1) is 16.2. The van der Waals surface area contributed by atoms with Gasteiger partial charge in [0.15, 0.2) is 6.10 Å². The fourth-order valence-corrected chi connectivity index (χ4v) is 3.70. The second kappa shape index (κ2) is 7.28. The fourth-order valence-electron chi connectivity index (χ4n) is 3.70. The number of fused-ring (bicyclic) bond motifs is 2. The number of carbonyl (C=O) groups is 1. The SMILES string of the molecule is O=C(NCCN1CCc2ccccc2C1)[C@@H]1CCc2ccccc2O1. The minimum atomic E-state index is -0.364. The summed E-state index contributed by atoms with van der Waals surface area (Å²) in [4.78, 5) is 14.8. The molecule has 2 aliphatic rings. The monoisotopic (exact) mass is 336 g/mol. The molecule has 2 aromatic rings. The number of nitrogens with zero attached hydrogens (tertiary/aromatic N) is 1. The summed E-state index contributed by atoms with van der Waals surface area (Å²) in [5.41, 5.74) is 4.06. The molecule has 0 radical (unpaired) electrons. The van der Waals surface area contributed by atoms with Crippen LogP contribution in [0.1, 0.15) is 23.1 Å². The molecule has 1 atom stereocenters. The Labute approximate surface area is 148 Å². The molecule has 0 bridgehead atoms. The maximum Gasteiger partial charge on any atom is 0.261 e. The average molecular weight is 336 g/mol. The van der Waals surface area contributed by atoms with Gasteiger partial charge in [0.1, 0.15) is 5.75 Å². The van der Waals surface area contributed by atoms with E-state index in [1.165, 1.54) is 16.7 Å². The number of nitrogens with one attached hydrogen (secondary N) is 1. The zero-order chi connectivity index (χ0) is 17.1. The maximum absolute atomic E-state index is 12.4. The van der Waals surface area contributed by atoms with Crippen LogP contribution in [0, 0.1) is 0 Å². The van der Waals surface area contributed by atoms with E-state index in [9.17, 15) is 4.79 Å². The van der Waals surface area contributed by atoms with Crippen molar-refractivity contribution in [1.82, 2.24) is 10.2 Å². The van der Waals surface area contributed by atoms with Gasteiger partial charge in [-0.2, -0.15) is 0 Å². The first-order valence-corrected chi connectivity index (χ1v) is 9.11. The van der Waals surface area contributed by atoms with Crippen LogP contribution in [0.25, 0.3) is 0 Å². The largest absolute Gasteiger partial charge is 0.480 e. The Hall–Kier alpha value is -2.33. The predicted molar refractivity (Wildman–Crippen MR) is 97.6 cm³/mol. The highest BCUT2D eigenvalue weighted by Crippen LogP contribution is 2.27. The molecule has 2 heterocycles. The zero-order valence-electron chi connectivity index (χ0n) is 14.4. The molecule has 0 aromatic heterocycles. The summed E-state index contributed by atoms with van der Waals surface area (Å²) in [5, 5.41) is 3.05. The molecule has 0 unspecified atom stereocenters. The topological polar surface area (TPSA) is 41.6 Å². The number of benzene rings is 2. The average Bonchev–Trinajstić information content (AvgIpc) is 2.67. The summed E-state index contributed by atoms with van der Waals surface area (Å²) in [6.45, 7) is 3.57. The van der Waals surface area contributed by atoms with E-state index in [-0.39, 0.29) is 12.0 Å². The molecule has 25 heavy (non-hydrogen) atoms. The van der Waals surface area contributed by atoms with Crippen molar-refractivity contribution >= 4 is 5.91 Å². The van der Waals surface area contributed by atoms with Crippen LogP contribution in [0.5, 0.6) is 5.75 Å². The highest BCUT2D eigenvalue weighted by molar-refractivity contribution is 5.81. The Morgan fingerprint density at radius 1 is 1.04 bits per heavy atom. The summed E-state index contributed by atoms with van der Waals surface area (Å²) < 4.78 is 5.86. The molecule has 0 fully saturated rings. The van der Waals surface area contributed by atoms with E-state index in [0.29, 0.717) is 6.54 Å². The van der Waals surface area contributed by atoms with Crippen molar-refractivity contribution in [3.63, 3.8) is 0 Å². The van der Waals surface area contributed by atoms with Crippen molar-refractivity contribution in [3.05, 3.63) is 65.2 Å². The molecule has 1 N–H and O–H groups in total. The summed E-state index contributed by atoms with van der Waals surface area (Å²) in [5.74, 6) is 0.855. The molecule has 4 nitrogen and oxygen atoms in total. The lowest BCUT2D eigenvalue weighted by Crippen LogP contribution is -2.44. The molecule has 0 saturated carbocycles. The van der Waals surface area contributed by atoms with Crippen LogP contribution in [-0.2, 0) is 24.2 Å². The molecule has 0 spiro atoms. The van der Waals surface area contributed by atoms with Crippen LogP contribution in [0.4, 0.5) is 0 Å². The molecule has 4 heteroatoms.